The summed E-state index contributed by atoms with van der Waals surface area (Å²) in [7, 11) is 1.25. The van der Waals surface area contributed by atoms with Crippen LogP contribution in [0.2, 0.25) is 0 Å². The van der Waals surface area contributed by atoms with Crippen molar-refractivity contribution in [1.29, 1.82) is 0 Å². The molecule has 0 aromatic carbocycles. The van der Waals surface area contributed by atoms with E-state index >= 15 is 0 Å². The molecule has 0 fully saturated rings. The molecule has 0 saturated carbocycles. The van der Waals surface area contributed by atoms with Gasteiger partial charge in [0, 0.05) is 12.4 Å². The Morgan fingerprint density at radius 2 is 2.40 bits per heavy atom. The van der Waals surface area contributed by atoms with Crippen LogP contribution in [-0.2, 0) is 22.6 Å². The molecule has 2 N–H and O–H groups in total. The van der Waals surface area contributed by atoms with E-state index in [1.54, 1.807) is 12.4 Å². The smallest absolute Gasteiger partial charge is 0.327 e. The minimum Gasteiger partial charge on any atom is -0.468 e. The third-order valence-electron chi connectivity index (χ3n) is 2.49. The zero-order valence-corrected chi connectivity index (χ0v) is 12.2. The lowest BCUT2D eigenvalue weighted by molar-refractivity contribution is -0.141. The SMILES string of the molecule is COC(=O)Cn1ncc(NCc2ncc[nH]2)c(Br)c1=O. The van der Waals surface area contributed by atoms with E-state index in [0.717, 1.165) is 10.5 Å². The highest BCUT2D eigenvalue weighted by molar-refractivity contribution is 9.10. The van der Waals surface area contributed by atoms with E-state index in [-0.39, 0.29) is 6.54 Å². The van der Waals surface area contributed by atoms with Crippen LogP contribution in [-0.4, -0.2) is 32.8 Å². The van der Waals surface area contributed by atoms with Gasteiger partial charge in [-0.2, -0.15) is 5.10 Å². The monoisotopic (exact) mass is 341 g/mol. The standard InChI is InChI=1S/C11H12BrN5O3/c1-20-9(18)6-17-11(19)10(12)7(4-16-17)15-5-8-13-2-3-14-8/h2-4,15H,5-6H2,1H3,(H,13,14). The first-order valence-electron chi connectivity index (χ1n) is 5.66. The number of carbonyl (C=O) groups excluding carboxylic acids is 1. The van der Waals surface area contributed by atoms with Gasteiger partial charge < -0.3 is 15.0 Å². The summed E-state index contributed by atoms with van der Waals surface area (Å²) < 4.78 is 5.81. The van der Waals surface area contributed by atoms with Crippen LogP contribution in [0.4, 0.5) is 5.69 Å². The Balaban J connectivity index is 2.14. The molecule has 2 aromatic rings. The number of nitrogens with one attached hydrogen (secondary N) is 2. The summed E-state index contributed by atoms with van der Waals surface area (Å²) >= 11 is 3.19. The first-order valence-corrected chi connectivity index (χ1v) is 6.45. The number of esters is 1. The Labute approximate surface area is 122 Å². The van der Waals surface area contributed by atoms with Crippen molar-refractivity contribution in [2.75, 3.05) is 12.4 Å². The molecule has 20 heavy (non-hydrogen) atoms. The van der Waals surface area contributed by atoms with Crippen LogP contribution in [0.5, 0.6) is 0 Å². The minimum atomic E-state index is -0.539. The molecule has 0 spiro atoms. The zero-order chi connectivity index (χ0) is 14.5. The maximum absolute atomic E-state index is 12.0. The van der Waals surface area contributed by atoms with E-state index in [0.29, 0.717) is 16.7 Å². The number of rotatable bonds is 5. The van der Waals surface area contributed by atoms with E-state index < -0.39 is 11.5 Å². The summed E-state index contributed by atoms with van der Waals surface area (Å²) in [4.78, 5) is 30.1. The highest BCUT2D eigenvalue weighted by Gasteiger charge is 2.11. The Hall–Kier alpha value is -2.16. The molecule has 0 bridgehead atoms. The molecule has 0 amide bonds. The summed E-state index contributed by atoms with van der Waals surface area (Å²) in [5.41, 5.74) is 0.104. The van der Waals surface area contributed by atoms with Crippen molar-refractivity contribution < 1.29 is 9.53 Å². The minimum absolute atomic E-state index is 0.230. The van der Waals surface area contributed by atoms with Crippen molar-refractivity contribution >= 4 is 27.6 Å². The molecule has 2 aromatic heterocycles. The molecule has 0 aliphatic carbocycles. The molecule has 8 nitrogen and oxygen atoms in total. The second-order valence-corrected chi connectivity index (χ2v) is 4.59. The number of aromatic amines is 1. The normalized spacial score (nSPS) is 10.3. The molecule has 0 unspecified atom stereocenters. The number of halogens is 1. The van der Waals surface area contributed by atoms with E-state index in [9.17, 15) is 9.59 Å². The number of ether oxygens (including phenoxy) is 1. The average molecular weight is 342 g/mol. The molecule has 0 saturated heterocycles. The third kappa shape index (κ3) is 3.23. The fraction of sp³-hybridized carbons (Fsp3) is 0.273. The summed E-state index contributed by atoms with van der Waals surface area (Å²) in [6, 6.07) is 0. The molecule has 0 aliphatic rings. The maximum Gasteiger partial charge on any atom is 0.327 e. The topological polar surface area (TPSA) is 102 Å². The second kappa shape index (κ2) is 6.33. The lowest BCUT2D eigenvalue weighted by Gasteiger charge is -2.09. The molecule has 2 heterocycles. The Kier molecular flexibility index (Phi) is 4.51. The Morgan fingerprint density at radius 3 is 3.05 bits per heavy atom. The van der Waals surface area contributed by atoms with Crippen LogP contribution in [0.1, 0.15) is 5.82 Å². The van der Waals surface area contributed by atoms with Gasteiger partial charge in [0.2, 0.25) is 0 Å². The van der Waals surface area contributed by atoms with Crippen LogP contribution in [0.15, 0.2) is 27.9 Å². The van der Waals surface area contributed by atoms with Crippen molar-refractivity contribution in [1.82, 2.24) is 19.7 Å². The number of hydrogen-bond donors (Lipinski definition) is 2. The van der Waals surface area contributed by atoms with Gasteiger partial charge in [-0.05, 0) is 15.9 Å². The maximum atomic E-state index is 12.0. The number of H-pyrrole nitrogens is 1. The molecular formula is C11H12BrN5O3. The first kappa shape index (κ1) is 14.3. The third-order valence-corrected chi connectivity index (χ3v) is 3.26. The van der Waals surface area contributed by atoms with E-state index in [4.69, 9.17) is 0 Å². The lowest BCUT2D eigenvalue weighted by Crippen LogP contribution is -2.28. The van der Waals surface area contributed by atoms with Crippen LogP contribution < -0.4 is 10.9 Å². The van der Waals surface area contributed by atoms with Crippen molar-refractivity contribution in [3.63, 3.8) is 0 Å². The summed E-state index contributed by atoms with van der Waals surface area (Å²) in [5.74, 6) is 0.193. The highest BCUT2D eigenvalue weighted by Crippen LogP contribution is 2.16. The lowest BCUT2D eigenvalue weighted by atomic mass is 10.4. The number of aromatic nitrogens is 4. The highest BCUT2D eigenvalue weighted by atomic mass is 79.9. The van der Waals surface area contributed by atoms with E-state index in [2.05, 4.69) is 41.1 Å². The van der Waals surface area contributed by atoms with E-state index in [1.165, 1.54) is 13.3 Å². The molecule has 106 valence electrons. The van der Waals surface area contributed by atoms with Gasteiger partial charge in [-0.15, -0.1) is 0 Å². The first-order chi connectivity index (χ1) is 9.61. The molecule has 9 heteroatoms. The molecule has 0 aliphatic heterocycles. The fourth-order valence-corrected chi connectivity index (χ4v) is 1.91. The van der Waals surface area contributed by atoms with Crippen molar-refractivity contribution in [3.8, 4) is 0 Å². The van der Waals surface area contributed by atoms with Gasteiger partial charge >= 0.3 is 5.97 Å². The summed E-state index contributed by atoms with van der Waals surface area (Å²) in [5, 5.41) is 6.93. The number of methoxy groups -OCH3 is 1. The van der Waals surface area contributed by atoms with Crippen molar-refractivity contribution in [2.45, 2.75) is 13.1 Å². The predicted molar refractivity (Wildman–Crippen MR) is 74.1 cm³/mol. The molecular weight excluding hydrogens is 330 g/mol. The number of hydrogen-bond acceptors (Lipinski definition) is 6. The van der Waals surface area contributed by atoms with Gasteiger partial charge in [0.05, 0.1) is 25.5 Å². The van der Waals surface area contributed by atoms with Crippen LogP contribution in [0.3, 0.4) is 0 Å². The number of carbonyl (C=O) groups is 1. The van der Waals surface area contributed by atoms with Crippen molar-refractivity contribution in [2.24, 2.45) is 0 Å². The second-order valence-electron chi connectivity index (χ2n) is 3.80. The summed E-state index contributed by atoms with van der Waals surface area (Å²) in [6.45, 7) is 0.195. The number of imidazole rings is 1. The van der Waals surface area contributed by atoms with Crippen LogP contribution >= 0.6 is 15.9 Å². The quantitative estimate of drug-likeness (QED) is 0.768. The van der Waals surface area contributed by atoms with Gasteiger partial charge in [-0.3, -0.25) is 9.59 Å². The zero-order valence-electron chi connectivity index (χ0n) is 10.6. The van der Waals surface area contributed by atoms with Gasteiger partial charge in [-0.1, -0.05) is 0 Å². The molecule has 0 radical (unpaired) electrons. The van der Waals surface area contributed by atoms with Crippen LogP contribution in [0.25, 0.3) is 0 Å². The average Bonchev–Trinajstić information content (AvgIpc) is 2.96. The predicted octanol–water partition coefficient (Wildman–Crippen LogP) is 0.514. The van der Waals surface area contributed by atoms with Gasteiger partial charge in [0.15, 0.2) is 0 Å². The van der Waals surface area contributed by atoms with Gasteiger partial charge in [0.1, 0.15) is 16.8 Å². The van der Waals surface area contributed by atoms with Gasteiger partial charge in [-0.25, -0.2) is 9.67 Å². The molecule has 2 rings (SSSR count). The van der Waals surface area contributed by atoms with Gasteiger partial charge in [0.25, 0.3) is 5.56 Å². The number of nitrogens with zero attached hydrogens (tertiary/aromatic N) is 3. The Bertz CT molecular complexity index is 653. The van der Waals surface area contributed by atoms with Crippen molar-refractivity contribution in [3.05, 3.63) is 39.2 Å². The summed E-state index contributed by atoms with van der Waals surface area (Å²) in [6.07, 6.45) is 4.80. The largest absolute Gasteiger partial charge is 0.468 e. The van der Waals surface area contributed by atoms with E-state index in [1.807, 2.05) is 0 Å². The van der Waals surface area contributed by atoms with Crippen LogP contribution in [0, 0.1) is 0 Å². The molecule has 0 atom stereocenters. The fourth-order valence-electron chi connectivity index (χ4n) is 1.46. The Morgan fingerprint density at radius 1 is 1.60 bits per heavy atom. The number of anilines is 1.